The molecule has 0 bridgehead atoms. The highest BCUT2D eigenvalue weighted by atomic mass is 127. The number of halogens is 3. The molecule has 1 saturated heterocycles. The molecule has 0 radical (unpaired) electrons. The second-order valence-electron chi connectivity index (χ2n) is 4.37. The highest BCUT2D eigenvalue weighted by Gasteiger charge is 2.11. The summed E-state index contributed by atoms with van der Waals surface area (Å²) in [5.41, 5.74) is 7.07. The van der Waals surface area contributed by atoms with E-state index in [0.29, 0.717) is 22.5 Å². The Morgan fingerprint density at radius 3 is 2.40 bits per heavy atom. The molecule has 1 fully saturated rings. The summed E-state index contributed by atoms with van der Waals surface area (Å²) in [5.74, 6) is 2.90. The summed E-state index contributed by atoms with van der Waals surface area (Å²) in [7, 11) is 0. The first-order valence-electron chi connectivity index (χ1n) is 6.23. The lowest BCUT2D eigenvalue weighted by Crippen LogP contribution is -2.42. The number of thioether (sulfide) groups is 1. The quantitative estimate of drug-likeness (QED) is 0.439. The Morgan fingerprint density at radius 2 is 1.80 bits per heavy atom. The van der Waals surface area contributed by atoms with E-state index in [9.17, 15) is 0 Å². The molecule has 20 heavy (non-hydrogen) atoms. The molecule has 0 aliphatic carbocycles. The average molecular weight is 446 g/mol. The Morgan fingerprint density at radius 1 is 1.20 bits per heavy atom. The third kappa shape index (κ3) is 5.87. The molecular formula is C13H18Cl2IN3S. The van der Waals surface area contributed by atoms with E-state index in [4.69, 9.17) is 28.9 Å². The van der Waals surface area contributed by atoms with Crippen LogP contribution >= 0.6 is 58.9 Å². The van der Waals surface area contributed by atoms with Crippen LogP contribution in [0.2, 0.25) is 10.0 Å². The zero-order chi connectivity index (χ0) is 13.7. The maximum Gasteiger partial charge on any atom is 0.191 e. The minimum absolute atomic E-state index is 0. The first kappa shape index (κ1) is 18.2. The minimum Gasteiger partial charge on any atom is -0.370 e. The Hall–Kier alpha value is 0.150. The van der Waals surface area contributed by atoms with E-state index in [0.717, 1.165) is 36.6 Å². The van der Waals surface area contributed by atoms with Gasteiger partial charge in [0.15, 0.2) is 5.96 Å². The number of benzene rings is 1. The summed E-state index contributed by atoms with van der Waals surface area (Å²) in [6.45, 7) is 2.64. The number of guanidine groups is 1. The molecule has 0 saturated carbocycles. The molecule has 7 heteroatoms. The van der Waals surface area contributed by atoms with Crippen LogP contribution in [0.4, 0.5) is 0 Å². The molecular weight excluding hydrogens is 428 g/mol. The van der Waals surface area contributed by atoms with Crippen molar-refractivity contribution in [2.45, 2.75) is 6.42 Å². The molecule has 0 aromatic heterocycles. The number of nitrogens with two attached hydrogens (primary N) is 1. The predicted octanol–water partition coefficient (Wildman–Crippen LogP) is 3.52. The monoisotopic (exact) mass is 445 g/mol. The average Bonchev–Trinajstić information content (AvgIpc) is 2.38. The number of rotatable bonds is 3. The number of hydrogen-bond acceptors (Lipinski definition) is 2. The first-order chi connectivity index (χ1) is 9.15. The van der Waals surface area contributed by atoms with Crippen molar-refractivity contribution in [3.8, 4) is 0 Å². The maximum atomic E-state index is 5.99. The van der Waals surface area contributed by atoms with E-state index < -0.39 is 0 Å². The molecule has 0 amide bonds. The van der Waals surface area contributed by atoms with Gasteiger partial charge in [0, 0.05) is 41.2 Å². The first-order valence-corrected chi connectivity index (χ1v) is 8.14. The van der Waals surface area contributed by atoms with Crippen molar-refractivity contribution >= 4 is 64.9 Å². The van der Waals surface area contributed by atoms with Crippen LogP contribution in [0.1, 0.15) is 5.56 Å². The molecule has 3 nitrogen and oxygen atoms in total. The van der Waals surface area contributed by atoms with Gasteiger partial charge >= 0.3 is 0 Å². The number of aliphatic imine (C=N–C) groups is 1. The van der Waals surface area contributed by atoms with Crippen LogP contribution in [0.15, 0.2) is 23.2 Å². The van der Waals surface area contributed by atoms with Crippen LogP contribution in [0.25, 0.3) is 0 Å². The molecule has 112 valence electrons. The van der Waals surface area contributed by atoms with Crippen molar-refractivity contribution < 1.29 is 0 Å². The minimum atomic E-state index is 0. The smallest absolute Gasteiger partial charge is 0.191 e. The van der Waals surface area contributed by atoms with Crippen LogP contribution in [-0.4, -0.2) is 42.0 Å². The van der Waals surface area contributed by atoms with E-state index in [2.05, 4.69) is 9.89 Å². The van der Waals surface area contributed by atoms with Gasteiger partial charge in [0.2, 0.25) is 0 Å². The number of hydrogen-bond donors (Lipinski definition) is 1. The summed E-state index contributed by atoms with van der Waals surface area (Å²) in [6.07, 6.45) is 0.795. The molecule has 1 heterocycles. The van der Waals surface area contributed by atoms with Crippen LogP contribution in [-0.2, 0) is 6.42 Å². The Kier molecular flexibility index (Phi) is 8.39. The van der Waals surface area contributed by atoms with Gasteiger partial charge in [0.05, 0.1) is 0 Å². The van der Waals surface area contributed by atoms with Crippen molar-refractivity contribution in [1.82, 2.24) is 4.90 Å². The molecule has 0 spiro atoms. The zero-order valence-electron chi connectivity index (χ0n) is 11.0. The van der Waals surface area contributed by atoms with Gasteiger partial charge in [-0.3, -0.25) is 4.99 Å². The van der Waals surface area contributed by atoms with Gasteiger partial charge in [-0.15, -0.1) is 24.0 Å². The third-order valence-corrected chi connectivity index (χ3v) is 4.31. The summed E-state index contributed by atoms with van der Waals surface area (Å²) >= 11 is 13.9. The Balaban J connectivity index is 0.00000200. The fourth-order valence-electron chi connectivity index (χ4n) is 1.95. The van der Waals surface area contributed by atoms with Gasteiger partial charge in [-0.25, -0.2) is 0 Å². The summed E-state index contributed by atoms with van der Waals surface area (Å²) in [4.78, 5) is 6.57. The predicted molar refractivity (Wildman–Crippen MR) is 101 cm³/mol. The zero-order valence-corrected chi connectivity index (χ0v) is 15.7. The van der Waals surface area contributed by atoms with Gasteiger partial charge < -0.3 is 10.6 Å². The van der Waals surface area contributed by atoms with Gasteiger partial charge in [-0.2, -0.15) is 11.8 Å². The van der Waals surface area contributed by atoms with Crippen molar-refractivity contribution in [2.75, 3.05) is 31.1 Å². The highest BCUT2D eigenvalue weighted by Crippen LogP contribution is 2.19. The standard InChI is InChI=1S/C13H17Cl2N3S.HI/c14-11-7-10(8-12(15)9-11)1-2-17-13(16)18-3-5-19-6-4-18;/h7-9H,1-6H2,(H2,16,17);1H. The fraction of sp³-hybridized carbons (Fsp3) is 0.462. The van der Waals surface area contributed by atoms with E-state index >= 15 is 0 Å². The van der Waals surface area contributed by atoms with Crippen molar-refractivity contribution in [3.63, 3.8) is 0 Å². The highest BCUT2D eigenvalue weighted by molar-refractivity contribution is 14.0. The lowest BCUT2D eigenvalue weighted by molar-refractivity contribution is 0.456. The van der Waals surface area contributed by atoms with Gasteiger partial charge in [0.25, 0.3) is 0 Å². The second kappa shape index (κ2) is 9.23. The summed E-state index contributed by atoms with van der Waals surface area (Å²) in [5, 5.41) is 1.32. The van der Waals surface area contributed by atoms with Crippen LogP contribution in [0.3, 0.4) is 0 Å². The molecule has 0 unspecified atom stereocenters. The fourth-order valence-corrected chi connectivity index (χ4v) is 3.42. The SMILES string of the molecule is I.NC(=NCCc1cc(Cl)cc(Cl)c1)N1CCSCC1. The molecule has 1 aliphatic heterocycles. The van der Waals surface area contributed by atoms with Gasteiger partial charge in [0.1, 0.15) is 0 Å². The van der Waals surface area contributed by atoms with Crippen molar-refractivity contribution in [2.24, 2.45) is 10.7 Å². The maximum absolute atomic E-state index is 5.99. The number of nitrogens with zero attached hydrogens (tertiary/aromatic N) is 2. The van der Waals surface area contributed by atoms with Crippen molar-refractivity contribution in [1.29, 1.82) is 0 Å². The van der Waals surface area contributed by atoms with E-state index in [1.807, 2.05) is 23.9 Å². The molecule has 1 aromatic rings. The van der Waals surface area contributed by atoms with E-state index in [-0.39, 0.29) is 24.0 Å². The molecule has 1 aromatic carbocycles. The van der Waals surface area contributed by atoms with Gasteiger partial charge in [-0.1, -0.05) is 23.2 Å². The Bertz CT molecular complexity index is 445. The van der Waals surface area contributed by atoms with Crippen molar-refractivity contribution in [3.05, 3.63) is 33.8 Å². The summed E-state index contributed by atoms with van der Waals surface area (Å²) < 4.78 is 0. The summed E-state index contributed by atoms with van der Waals surface area (Å²) in [6, 6.07) is 5.56. The molecule has 2 N–H and O–H groups in total. The van der Waals surface area contributed by atoms with Gasteiger partial charge in [-0.05, 0) is 30.2 Å². The topological polar surface area (TPSA) is 41.6 Å². The molecule has 0 atom stereocenters. The second-order valence-corrected chi connectivity index (χ2v) is 6.46. The lowest BCUT2D eigenvalue weighted by Gasteiger charge is -2.27. The normalized spacial score (nSPS) is 15.9. The lowest BCUT2D eigenvalue weighted by atomic mass is 10.1. The van der Waals surface area contributed by atoms with Crippen LogP contribution < -0.4 is 5.73 Å². The van der Waals surface area contributed by atoms with Crippen LogP contribution in [0, 0.1) is 0 Å². The van der Waals surface area contributed by atoms with E-state index in [1.54, 1.807) is 6.07 Å². The van der Waals surface area contributed by atoms with E-state index in [1.165, 1.54) is 0 Å². The Labute approximate surface area is 151 Å². The van der Waals surface area contributed by atoms with Crippen LogP contribution in [0.5, 0.6) is 0 Å². The largest absolute Gasteiger partial charge is 0.370 e. The molecule has 2 rings (SSSR count). The molecule has 1 aliphatic rings. The third-order valence-electron chi connectivity index (χ3n) is 2.93.